The average Bonchev–Trinajstić information content (AvgIpc) is 3.10. The van der Waals surface area contributed by atoms with Crippen molar-refractivity contribution in [3.8, 4) is 39.6 Å². The number of halogens is 1. The Morgan fingerprint density at radius 2 is 1.50 bits per heavy atom. The minimum Gasteiger partial charge on any atom is -0.493 e. The van der Waals surface area contributed by atoms with E-state index < -0.39 is 0 Å². The lowest BCUT2D eigenvalue weighted by Crippen LogP contribution is -1.96. The third-order valence-electron chi connectivity index (χ3n) is 3.66. The van der Waals surface area contributed by atoms with Crippen LogP contribution in [0.1, 0.15) is 0 Å². The maximum Gasteiger partial charge on any atom is 0.203 e. The molecule has 0 amide bonds. The van der Waals surface area contributed by atoms with Crippen LogP contribution in [0.25, 0.3) is 22.4 Å². The average molecular weight is 406 g/mol. The molecule has 0 aliphatic heterocycles. The Morgan fingerprint density at radius 1 is 0.875 bits per heavy atom. The normalized spacial score (nSPS) is 10.5. The van der Waals surface area contributed by atoms with E-state index in [1.54, 1.807) is 21.3 Å². The summed E-state index contributed by atoms with van der Waals surface area (Å²) in [4.78, 5) is 0. The lowest BCUT2D eigenvalue weighted by Gasteiger charge is -2.14. The summed E-state index contributed by atoms with van der Waals surface area (Å²) in [6.07, 6.45) is 0. The molecule has 0 bridgehead atoms. The highest BCUT2D eigenvalue weighted by Crippen LogP contribution is 2.43. The van der Waals surface area contributed by atoms with Crippen LogP contribution in [0.15, 0.2) is 46.3 Å². The van der Waals surface area contributed by atoms with E-state index >= 15 is 0 Å². The van der Waals surface area contributed by atoms with Crippen molar-refractivity contribution in [2.24, 2.45) is 0 Å². The van der Waals surface area contributed by atoms with E-state index in [2.05, 4.69) is 32.4 Å². The van der Waals surface area contributed by atoms with Crippen molar-refractivity contribution < 1.29 is 14.2 Å². The minimum absolute atomic E-state index is 0.573. The molecule has 3 rings (SSSR count). The summed E-state index contributed by atoms with van der Waals surface area (Å²) >= 11 is 4.89. The molecule has 6 heteroatoms. The monoisotopic (exact) mass is 405 g/mol. The zero-order valence-electron chi connectivity index (χ0n) is 13.5. The lowest BCUT2D eigenvalue weighted by atomic mass is 10.0. The summed E-state index contributed by atoms with van der Waals surface area (Å²) < 4.78 is 21.9. The fourth-order valence-corrected chi connectivity index (χ4v) is 3.48. The smallest absolute Gasteiger partial charge is 0.203 e. The Bertz CT molecular complexity index is 821. The van der Waals surface area contributed by atoms with E-state index in [0.717, 1.165) is 26.9 Å². The molecule has 24 heavy (non-hydrogen) atoms. The highest BCUT2D eigenvalue weighted by Gasteiger charge is 2.18. The molecule has 1 heterocycles. The van der Waals surface area contributed by atoms with Gasteiger partial charge in [0.1, 0.15) is 0 Å². The Labute approximate surface area is 153 Å². The second-order valence-corrected chi connectivity index (χ2v) is 6.54. The number of ether oxygens (including phenoxy) is 3. The first-order valence-electron chi connectivity index (χ1n) is 7.18. The van der Waals surface area contributed by atoms with Crippen molar-refractivity contribution in [1.29, 1.82) is 0 Å². The van der Waals surface area contributed by atoms with Gasteiger partial charge in [0.05, 0.1) is 27.0 Å². The van der Waals surface area contributed by atoms with E-state index in [4.69, 9.17) is 14.2 Å². The zero-order valence-corrected chi connectivity index (χ0v) is 15.9. The summed E-state index contributed by atoms with van der Waals surface area (Å²) in [5.41, 5.74) is 3.99. The third-order valence-corrected chi connectivity index (χ3v) is 4.82. The molecule has 1 aromatic heterocycles. The maximum atomic E-state index is 5.44. The number of hydrogen-bond acceptors (Lipinski definition) is 5. The molecule has 0 radical (unpaired) electrons. The Kier molecular flexibility index (Phi) is 5.06. The molecule has 4 nitrogen and oxygen atoms in total. The molecule has 0 saturated heterocycles. The van der Waals surface area contributed by atoms with Gasteiger partial charge in [-0.3, -0.25) is 0 Å². The molecule has 2 aromatic carbocycles. The van der Waals surface area contributed by atoms with Crippen LogP contribution < -0.4 is 14.2 Å². The predicted octanol–water partition coefficient (Wildman–Crippen LogP) is 5.27. The molecule has 0 aliphatic rings. The van der Waals surface area contributed by atoms with E-state index in [1.165, 1.54) is 11.5 Å². The number of rotatable bonds is 5. The van der Waals surface area contributed by atoms with Crippen LogP contribution in [0.2, 0.25) is 0 Å². The van der Waals surface area contributed by atoms with Gasteiger partial charge in [-0.15, -0.1) is 0 Å². The molecule has 0 spiro atoms. The SMILES string of the molecule is COc1cc(-c2nscc2-c2ccc(Br)cc2)cc(OC)c1OC. The van der Waals surface area contributed by atoms with Gasteiger partial charge in [0.2, 0.25) is 5.75 Å². The van der Waals surface area contributed by atoms with Gasteiger partial charge in [-0.25, -0.2) is 0 Å². The largest absolute Gasteiger partial charge is 0.493 e. The van der Waals surface area contributed by atoms with Crippen LogP contribution >= 0.6 is 27.5 Å². The van der Waals surface area contributed by atoms with Crippen molar-refractivity contribution in [1.82, 2.24) is 4.37 Å². The van der Waals surface area contributed by atoms with Gasteiger partial charge in [-0.05, 0) is 41.4 Å². The molecular formula is C18H16BrNO3S. The van der Waals surface area contributed by atoms with Gasteiger partial charge in [0, 0.05) is 21.0 Å². The number of benzene rings is 2. The number of aromatic nitrogens is 1. The van der Waals surface area contributed by atoms with Gasteiger partial charge in [-0.1, -0.05) is 28.1 Å². The van der Waals surface area contributed by atoms with E-state index in [0.29, 0.717) is 17.2 Å². The number of hydrogen-bond donors (Lipinski definition) is 0. The minimum atomic E-state index is 0.573. The summed E-state index contributed by atoms with van der Waals surface area (Å²) in [7, 11) is 4.81. The van der Waals surface area contributed by atoms with Gasteiger partial charge in [-0.2, -0.15) is 4.37 Å². The Morgan fingerprint density at radius 3 is 2.04 bits per heavy atom. The molecule has 0 aliphatic carbocycles. The first kappa shape index (κ1) is 16.8. The summed E-state index contributed by atoms with van der Waals surface area (Å²) in [6.45, 7) is 0. The third kappa shape index (κ3) is 3.12. The molecular weight excluding hydrogens is 390 g/mol. The van der Waals surface area contributed by atoms with E-state index in [1.807, 2.05) is 29.6 Å². The molecule has 0 N–H and O–H groups in total. The van der Waals surface area contributed by atoms with Crippen LogP contribution in [0.3, 0.4) is 0 Å². The van der Waals surface area contributed by atoms with Crippen molar-refractivity contribution in [2.75, 3.05) is 21.3 Å². The van der Waals surface area contributed by atoms with Crippen LogP contribution in [0, 0.1) is 0 Å². The fraction of sp³-hybridized carbons (Fsp3) is 0.167. The second-order valence-electron chi connectivity index (χ2n) is 5.00. The summed E-state index contributed by atoms with van der Waals surface area (Å²) in [5.74, 6) is 1.80. The lowest BCUT2D eigenvalue weighted by molar-refractivity contribution is 0.324. The predicted molar refractivity (Wildman–Crippen MR) is 100 cm³/mol. The van der Waals surface area contributed by atoms with E-state index in [-0.39, 0.29) is 0 Å². The first-order valence-corrected chi connectivity index (χ1v) is 8.81. The number of nitrogens with zero attached hydrogens (tertiary/aromatic N) is 1. The van der Waals surface area contributed by atoms with Crippen molar-refractivity contribution >= 4 is 27.5 Å². The van der Waals surface area contributed by atoms with Gasteiger partial charge < -0.3 is 14.2 Å². The van der Waals surface area contributed by atoms with Crippen LogP contribution in [0.5, 0.6) is 17.2 Å². The van der Waals surface area contributed by atoms with Crippen LogP contribution in [-0.4, -0.2) is 25.7 Å². The van der Waals surface area contributed by atoms with E-state index in [9.17, 15) is 0 Å². The molecule has 0 unspecified atom stereocenters. The van der Waals surface area contributed by atoms with Crippen molar-refractivity contribution in [2.45, 2.75) is 0 Å². The van der Waals surface area contributed by atoms with Crippen molar-refractivity contribution in [3.05, 3.63) is 46.3 Å². The molecule has 3 aromatic rings. The highest BCUT2D eigenvalue weighted by molar-refractivity contribution is 9.10. The highest BCUT2D eigenvalue weighted by atomic mass is 79.9. The van der Waals surface area contributed by atoms with Crippen molar-refractivity contribution in [3.63, 3.8) is 0 Å². The topological polar surface area (TPSA) is 40.6 Å². The molecule has 0 atom stereocenters. The first-order chi connectivity index (χ1) is 11.7. The Balaban J connectivity index is 2.14. The maximum absolute atomic E-state index is 5.44. The second kappa shape index (κ2) is 7.23. The fourth-order valence-electron chi connectivity index (χ4n) is 2.50. The summed E-state index contributed by atoms with van der Waals surface area (Å²) in [5, 5.41) is 2.04. The summed E-state index contributed by atoms with van der Waals surface area (Å²) in [6, 6.07) is 12.0. The standard InChI is InChI=1S/C18H16BrNO3S/c1-21-15-8-12(9-16(22-2)18(15)23-3)17-14(10-24-20-17)11-4-6-13(19)7-5-11/h4-10H,1-3H3. The Hall–Kier alpha value is -2.05. The number of methoxy groups -OCH3 is 3. The zero-order chi connectivity index (χ0) is 17.1. The van der Waals surface area contributed by atoms with Gasteiger partial charge in [0.15, 0.2) is 11.5 Å². The molecule has 0 fully saturated rings. The van der Waals surface area contributed by atoms with Gasteiger partial charge >= 0.3 is 0 Å². The van der Waals surface area contributed by atoms with Gasteiger partial charge in [0.25, 0.3) is 0 Å². The van der Waals surface area contributed by atoms with Crippen LogP contribution in [-0.2, 0) is 0 Å². The molecule has 124 valence electrons. The quantitative estimate of drug-likeness (QED) is 0.579. The molecule has 0 saturated carbocycles. The van der Waals surface area contributed by atoms with Crippen LogP contribution in [0.4, 0.5) is 0 Å².